The van der Waals surface area contributed by atoms with E-state index in [-0.39, 0.29) is 41.0 Å². The number of Topliss-reactive ketones (excluding diaryl/α,β-unsaturated/α-hetero) is 2. The van der Waals surface area contributed by atoms with Crippen molar-refractivity contribution in [2.45, 2.75) is 27.2 Å². The standard InChI is InChI=1S/C21H31NO7/c1-4-9-26-11-13-28-14-12-27-10-8-22-20(25)15-29-19-7-5-6-18(16(2)23)21(19)17(3)24/h5-7H,4,8-15H2,1-3H3,(H,22,25). The van der Waals surface area contributed by atoms with Crippen molar-refractivity contribution in [1.82, 2.24) is 5.32 Å². The van der Waals surface area contributed by atoms with Gasteiger partial charge in [-0.2, -0.15) is 0 Å². The number of carbonyl (C=O) groups is 3. The predicted octanol–water partition coefficient (Wildman–Crippen LogP) is 2.05. The maximum atomic E-state index is 11.9. The van der Waals surface area contributed by atoms with Gasteiger partial charge in [0.05, 0.1) is 38.6 Å². The van der Waals surface area contributed by atoms with Gasteiger partial charge in [0.15, 0.2) is 18.2 Å². The molecular formula is C21H31NO7. The number of ether oxygens (including phenoxy) is 4. The van der Waals surface area contributed by atoms with E-state index in [1.807, 2.05) is 0 Å². The molecule has 0 aromatic heterocycles. The Balaban J connectivity index is 2.21. The molecule has 8 nitrogen and oxygen atoms in total. The Morgan fingerprint density at radius 1 is 0.862 bits per heavy atom. The summed E-state index contributed by atoms with van der Waals surface area (Å²) in [6.45, 7) is 7.94. The topological polar surface area (TPSA) is 100 Å². The fourth-order valence-corrected chi connectivity index (χ4v) is 2.45. The summed E-state index contributed by atoms with van der Waals surface area (Å²) in [5.41, 5.74) is 0.471. The number of rotatable bonds is 16. The van der Waals surface area contributed by atoms with Crippen LogP contribution in [0.25, 0.3) is 0 Å². The Kier molecular flexibility index (Phi) is 12.5. The summed E-state index contributed by atoms with van der Waals surface area (Å²) >= 11 is 0. The first-order valence-corrected chi connectivity index (χ1v) is 9.75. The molecule has 1 aromatic rings. The maximum Gasteiger partial charge on any atom is 0.258 e. The molecule has 0 aliphatic heterocycles. The first kappa shape index (κ1) is 24.7. The summed E-state index contributed by atoms with van der Waals surface area (Å²) in [6, 6.07) is 4.74. The first-order chi connectivity index (χ1) is 14.0. The van der Waals surface area contributed by atoms with Gasteiger partial charge in [0.2, 0.25) is 0 Å². The average molecular weight is 409 g/mol. The molecule has 0 aliphatic rings. The molecule has 1 amide bonds. The smallest absolute Gasteiger partial charge is 0.258 e. The number of carbonyl (C=O) groups excluding carboxylic acids is 3. The van der Waals surface area contributed by atoms with Crippen LogP contribution in [0, 0.1) is 0 Å². The van der Waals surface area contributed by atoms with Crippen molar-refractivity contribution in [3.63, 3.8) is 0 Å². The largest absolute Gasteiger partial charge is 0.483 e. The van der Waals surface area contributed by atoms with Crippen LogP contribution in [0.2, 0.25) is 0 Å². The second-order valence-corrected chi connectivity index (χ2v) is 6.27. The highest BCUT2D eigenvalue weighted by Crippen LogP contribution is 2.23. The lowest BCUT2D eigenvalue weighted by atomic mass is 10.0. The number of hydrogen-bond donors (Lipinski definition) is 1. The summed E-state index contributed by atoms with van der Waals surface area (Å²) in [6.07, 6.45) is 0.989. The fraction of sp³-hybridized carbons (Fsp3) is 0.571. The van der Waals surface area contributed by atoms with Gasteiger partial charge >= 0.3 is 0 Å². The fourth-order valence-electron chi connectivity index (χ4n) is 2.45. The van der Waals surface area contributed by atoms with E-state index < -0.39 is 0 Å². The summed E-state index contributed by atoms with van der Waals surface area (Å²) in [4.78, 5) is 35.4. The first-order valence-electron chi connectivity index (χ1n) is 9.75. The van der Waals surface area contributed by atoms with Crippen LogP contribution in [0.4, 0.5) is 0 Å². The van der Waals surface area contributed by atoms with Gasteiger partial charge in [0, 0.05) is 18.7 Å². The Hall–Kier alpha value is -2.29. The van der Waals surface area contributed by atoms with E-state index in [0.29, 0.717) is 39.6 Å². The zero-order valence-corrected chi connectivity index (χ0v) is 17.5. The second kappa shape index (κ2) is 14.7. The van der Waals surface area contributed by atoms with Crippen molar-refractivity contribution in [3.05, 3.63) is 29.3 Å². The molecule has 0 unspecified atom stereocenters. The summed E-state index contributed by atoms with van der Waals surface area (Å²) in [7, 11) is 0. The van der Waals surface area contributed by atoms with Gasteiger partial charge in [0.1, 0.15) is 5.75 Å². The van der Waals surface area contributed by atoms with Gasteiger partial charge in [-0.1, -0.05) is 19.1 Å². The van der Waals surface area contributed by atoms with Gasteiger partial charge < -0.3 is 24.3 Å². The molecule has 0 bridgehead atoms. The van der Waals surface area contributed by atoms with Crippen molar-refractivity contribution >= 4 is 17.5 Å². The molecule has 162 valence electrons. The summed E-state index contributed by atoms with van der Waals surface area (Å²) in [5, 5.41) is 2.66. The zero-order valence-electron chi connectivity index (χ0n) is 17.5. The third kappa shape index (κ3) is 10.2. The molecule has 1 aromatic carbocycles. The highest BCUT2D eigenvalue weighted by molar-refractivity contribution is 6.09. The Morgan fingerprint density at radius 2 is 1.48 bits per heavy atom. The van der Waals surface area contributed by atoms with E-state index in [9.17, 15) is 14.4 Å². The highest BCUT2D eigenvalue weighted by Gasteiger charge is 2.17. The molecule has 0 heterocycles. The number of hydrogen-bond acceptors (Lipinski definition) is 7. The van der Waals surface area contributed by atoms with Crippen molar-refractivity contribution < 1.29 is 33.3 Å². The maximum absolute atomic E-state index is 11.9. The monoisotopic (exact) mass is 409 g/mol. The van der Waals surface area contributed by atoms with Crippen LogP contribution < -0.4 is 10.1 Å². The van der Waals surface area contributed by atoms with E-state index in [4.69, 9.17) is 18.9 Å². The molecule has 0 atom stereocenters. The van der Waals surface area contributed by atoms with Crippen LogP contribution in [0.15, 0.2) is 18.2 Å². The molecule has 0 aliphatic carbocycles. The van der Waals surface area contributed by atoms with Crippen LogP contribution in [0.1, 0.15) is 47.9 Å². The second-order valence-electron chi connectivity index (χ2n) is 6.27. The van der Waals surface area contributed by atoms with Gasteiger partial charge in [-0.05, 0) is 26.3 Å². The van der Waals surface area contributed by atoms with Gasteiger partial charge in [-0.3, -0.25) is 14.4 Å². The SMILES string of the molecule is CCCOCCOCCOCCNC(=O)COc1cccc(C(C)=O)c1C(C)=O. The minimum Gasteiger partial charge on any atom is -0.483 e. The van der Waals surface area contributed by atoms with Crippen LogP contribution in [0.3, 0.4) is 0 Å². The lowest BCUT2D eigenvalue weighted by Gasteiger charge is -2.12. The quantitative estimate of drug-likeness (QED) is 0.329. The van der Waals surface area contributed by atoms with Crippen LogP contribution in [0.5, 0.6) is 5.75 Å². The Bertz CT molecular complexity index is 660. The number of amides is 1. The van der Waals surface area contributed by atoms with Crippen molar-refractivity contribution in [2.24, 2.45) is 0 Å². The lowest BCUT2D eigenvalue weighted by molar-refractivity contribution is -0.123. The molecule has 1 rings (SSSR count). The van der Waals surface area contributed by atoms with Crippen LogP contribution >= 0.6 is 0 Å². The zero-order chi connectivity index (χ0) is 21.5. The van der Waals surface area contributed by atoms with E-state index in [2.05, 4.69) is 12.2 Å². The van der Waals surface area contributed by atoms with E-state index in [1.165, 1.54) is 13.8 Å². The molecule has 0 spiro atoms. The normalized spacial score (nSPS) is 10.6. The van der Waals surface area contributed by atoms with Crippen molar-refractivity contribution in [3.8, 4) is 5.75 Å². The third-order valence-electron chi connectivity index (χ3n) is 3.78. The third-order valence-corrected chi connectivity index (χ3v) is 3.78. The van der Waals surface area contributed by atoms with Crippen LogP contribution in [-0.2, 0) is 19.0 Å². The Morgan fingerprint density at radius 3 is 2.07 bits per heavy atom. The minimum absolute atomic E-state index is 0.191. The van der Waals surface area contributed by atoms with Crippen LogP contribution in [-0.4, -0.2) is 70.3 Å². The number of benzene rings is 1. The lowest BCUT2D eigenvalue weighted by Crippen LogP contribution is -2.32. The summed E-state index contributed by atoms with van der Waals surface area (Å²) in [5.74, 6) is -0.657. The van der Waals surface area contributed by atoms with Crippen molar-refractivity contribution in [2.75, 3.05) is 52.8 Å². The Labute approximate surface area is 171 Å². The van der Waals surface area contributed by atoms with Gasteiger partial charge in [-0.15, -0.1) is 0 Å². The molecule has 0 radical (unpaired) electrons. The predicted molar refractivity (Wildman–Crippen MR) is 108 cm³/mol. The number of nitrogens with one attached hydrogen (secondary N) is 1. The molecule has 0 saturated carbocycles. The number of ketones is 2. The van der Waals surface area contributed by atoms with E-state index >= 15 is 0 Å². The molecular weight excluding hydrogens is 378 g/mol. The molecule has 1 N–H and O–H groups in total. The molecule has 0 fully saturated rings. The highest BCUT2D eigenvalue weighted by atomic mass is 16.5. The van der Waals surface area contributed by atoms with Crippen molar-refractivity contribution in [1.29, 1.82) is 0 Å². The molecule has 29 heavy (non-hydrogen) atoms. The van der Waals surface area contributed by atoms with Gasteiger partial charge in [0.25, 0.3) is 5.91 Å². The van der Waals surface area contributed by atoms with Gasteiger partial charge in [-0.25, -0.2) is 0 Å². The average Bonchev–Trinajstić information content (AvgIpc) is 2.69. The minimum atomic E-state index is -0.347. The molecule has 8 heteroatoms. The van der Waals surface area contributed by atoms with E-state index in [1.54, 1.807) is 18.2 Å². The van der Waals surface area contributed by atoms with E-state index in [0.717, 1.165) is 13.0 Å². The molecule has 0 saturated heterocycles. The summed E-state index contributed by atoms with van der Waals surface area (Å²) < 4.78 is 21.4.